The molecule has 0 aromatic heterocycles. The van der Waals surface area contributed by atoms with Crippen LogP contribution in [0.3, 0.4) is 0 Å². The minimum atomic E-state index is 0.955. The standard InChI is InChI=1S/C10H18/c1-8(2)7-10-6-4-5-9(10)3/h9-10H,1,4-7H2,2-3H3. The molecule has 1 saturated carbocycles. The third-order valence-electron chi connectivity index (χ3n) is 2.65. The monoisotopic (exact) mass is 138 g/mol. The molecule has 1 aliphatic carbocycles. The van der Waals surface area contributed by atoms with Gasteiger partial charge in [-0.25, -0.2) is 0 Å². The van der Waals surface area contributed by atoms with Crippen molar-refractivity contribution in [1.29, 1.82) is 0 Å². The van der Waals surface area contributed by atoms with Crippen LogP contribution in [0.25, 0.3) is 0 Å². The Hall–Kier alpha value is -0.260. The van der Waals surface area contributed by atoms with Gasteiger partial charge in [0, 0.05) is 0 Å². The molecule has 1 fully saturated rings. The van der Waals surface area contributed by atoms with Crippen LogP contribution in [0, 0.1) is 11.8 Å². The molecule has 0 aliphatic heterocycles. The molecule has 0 saturated heterocycles. The van der Waals surface area contributed by atoms with Gasteiger partial charge in [0.1, 0.15) is 0 Å². The summed E-state index contributed by atoms with van der Waals surface area (Å²) in [5.41, 5.74) is 1.36. The number of hydrogen-bond donors (Lipinski definition) is 0. The van der Waals surface area contributed by atoms with Crippen LogP contribution in [-0.4, -0.2) is 0 Å². The molecule has 0 heterocycles. The van der Waals surface area contributed by atoms with E-state index >= 15 is 0 Å². The highest BCUT2D eigenvalue weighted by Gasteiger charge is 2.22. The zero-order valence-electron chi connectivity index (χ0n) is 7.19. The lowest BCUT2D eigenvalue weighted by molar-refractivity contribution is 0.416. The van der Waals surface area contributed by atoms with Crippen molar-refractivity contribution in [3.8, 4) is 0 Å². The molecule has 0 heteroatoms. The predicted molar refractivity (Wildman–Crippen MR) is 45.9 cm³/mol. The lowest BCUT2D eigenvalue weighted by Crippen LogP contribution is -2.03. The first-order valence-corrected chi connectivity index (χ1v) is 4.34. The predicted octanol–water partition coefficient (Wildman–Crippen LogP) is 3.39. The lowest BCUT2D eigenvalue weighted by Gasteiger charge is -2.14. The van der Waals surface area contributed by atoms with Crippen molar-refractivity contribution >= 4 is 0 Å². The van der Waals surface area contributed by atoms with Crippen LogP contribution < -0.4 is 0 Å². The van der Waals surface area contributed by atoms with Gasteiger partial charge in [0.25, 0.3) is 0 Å². The summed E-state index contributed by atoms with van der Waals surface area (Å²) < 4.78 is 0. The first-order chi connectivity index (χ1) is 4.70. The SMILES string of the molecule is C=C(C)CC1CCCC1C. The Morgan fingerprint density at radius 3 is 2.60 bits per heavy atom. The Morgan fingerprint density at radius 1 is 1.50 bits per heavy atom. The second-order valence-corrected chi connectivity index (χ2v) is 3.83. The summed E-state index contributed by atoms with van der Waals surface area (Å²) in [4.78, 5) is 0. The van der Waals surface area contributed by atoms with Gasteiger partial charge in [0.15, 0.2) is 0 Å². The minimum Gasteiger partial charge on any atom is -0.100 e. The summed E-state index contributed by atoms with van der Waals surface area (Å²) in [6.07, 6.45) is 5.59. The van der Waals surface area contributed by atoms with Gasteiger partial charge in [-0.05, 0) is 31.6 Å². The topological polar surface area (TPSA) is 0 Å². The molecule has 0 N–H and O–H groups in total. The van der Waals surface area contributed by atoms with Gasteiger partial charge in [0.05, 0.1) is 0 Å². The van der Waals surface area contributed by atoms with Crippen LogP contribution >= 0.6 is 0 Å². The van der Waals surface area contributed by atoms with Crippen LogP contribution in [0.15, 0.2) is 12.2 Å². The minimum absolute atomic E-state index is 0.955. The van der Waals surface area contributed by atoms with E-state index < -0.39 is 0 Å². The zero-order valence-corrected chi connectivity index (χ0v) is 7.19. The van der Waals surface area contributed by atoms with E-state index in [4.69, 9.17) is 0 Å². The van der Waals surface area contributed by atoms with Gasteiger partial charge >= 0.3 is 0 Å². The van der Waals surface area contributed by atoms with Gasteiger partial charge < -0.3 is 0 Å². The molecule has 0 aromatic rings. The molecule has 0 aromatic carbocycles. The molecule has 2 unspecified atom stereocenters. The summed E-state index contributed by atoms with van der Waals surface area (Å²) in [5.74, 6) is 1.91. The molecule has 10 heavy (non-hydrogen) atoms. The Kier molecular flexibility index (Phi) is 2.53. The van der Waals surface area contributed by atoms with E-state index in [1.54, 1.807) is 0 Å². The van der Waals surface area contributed by atoms with Gasteiger partial charge in [0.2, 0.25) is 0 Å². The Morgan fingerprint density at radius 2 is 2.20 bits per heavy atom. The van der Waals surface area contributed by atoms with E-state index in [9.17, 15) is 0 Å². The summed E-state index contributed by atoms with van der Waals surface area (Å²) in [6.45, 7) is 8.47. The average Bonchev–Trinajstić information content (AvgIpc) is 2.15. The molecule has 58 valence electrons. The average molecular weight is 138 g/mol. The lowest BCUT2D eigenvalue weighted by atomic mass is 9.92. The van der Waals surface area contributed by atoms with Crippen LogP contribution in [-0.2, 0) is 0 Å². The maximum atomic E-state index is 3.95. The highest BCUT2D eigenvalue weighted by Crippen LogP contribution is 2.34. The summed E-state index contributed by atoms with van der Waals surface area (Å²) in [7, 11) is 0. The van der Waals surface area contributed by atoms with Crippen molar-refractivity contribution in [3.63, 3.8) is 0 Å². The normalized spacial score (nSPS) is 32.6. The van der Waals surface area contributed by atoms with E-state index in [-0.39, 0.29) is 0 Å². The maximum Gasteiger partial charge on any atom is -0.0295 e. The quantitative estimate of drug-likeness (QED) is 0.513. The molecule has 0 bridgehead atoms. The number of rotatable bonds is 2. The van der Waals surface area contributed by atoms with Gasteiger partial charge in [-0.15, -0.1) is 6.58 Å². The molecule has 0 nitrogen and oxygen atoms in total. The summed E-state index contributed by atoms with van der Waals surface area (Å²) in [5, 5.41) is 0. The summed E-state index contributed by atoms with van der Waals surface area (Å²) in [6, 6.07) is 0. The molecular formula is C10H18. The largest absolute Gasteiger partial charge is 0.100 e. The fourth-order valence-electron chi connectivity index (χ4n) is 1.97. The van der Waals surface area contributed by atoms with Crippen LogP contribution in [0.4, 0.5) is 0 Å². The highest BCUT2D eigenvalue weighted by atomic mass is 14.3. The van der Waals surface area contributed by atoms with E-state index in [2.05, 4.69) is 20.4 Å². The van der Waals surface area contributed by atoms with Crippen molar-refractivity contribution in [3.05, 3.63) is 12.2 Å². The van der Waals surface area contributed by atoms with Crippen LogP contribution in [0.1, 0.15) is 39.5 Å². The molecule has 0 spiro atoms. The first kappa shape index (κ1) is 7.84. The van der Waals surface area contributed by atoms with Crippen molar-refractivity contribution in [2.75, 3.05) is 0 Å². The zero-order chi connectivity index (χ0) is 7.56. The summed E-state index contributed by atoms with van der Waals surface area (Å²) >= 11 is 0. The second-order valence-electron chi connectivity index (χ2n) is 3.83. The third kappa shape index (κ3) is 1.86. The van der Waals surface area contributed by atoms with Crippen molar-refractivity contribution < 1.29 is 0 Å². The van der Waals surface area contributed by atoms with Crippen molar-refractivity contribution in [1.82, 2.24) is 0 Å². The molecule has 1 rings (SSSR count). The van der Waals surface area contributed by atoms with Gasteiger partial charge in [-0.1, -0.05) is 25.3 Å². The van der Waals surface area contributed by atoms with Crippen molar-refractivity contribution in [2.45, 2.75) is 39.5 Å². The van der Waals surface area contributed by atoms with E-state index in [1.165, 1.54) is 31.3 Å². The molecular weight excluding hydrogens is 120 g/mol. The maximum absolute atomic E-state index is 3.95. The van der Waals surface area contributed by atoms with Crippen molar-refractivity contribution in [2.24, 2.45) is 11.8 Å². The third-order valence-corrected chi connectivity index (χ3v) is 2.65. The fourth-order valence-corrected chi connectivity index (χ4v) is 1.97. The van der Waals surface area contributed by atoms with E-state index in [0.29, 0.717) is 0 Å². The smallest absolute Gasteiger partial charge is 0.0295 e. The Labute approximate surface area is 64.3 Å². The van der Waals surface area contributed by atoms with Crippen LogP contribution in [0.2, 0.25) is 0 Å². The fraction of sp³-hybridized carbons (Fsp3) is 0.800. The first-order valence-electron chi connectivity index (χ1n) is 4.34. The van der Waals surface area contributed by atoms with E-state index in [0.717, 1.165) is 11.8 Å². The van der Waals surface area contributed by atoms with Crippen LogP contribution in [0.5, 0.6) is 0 Å². The highest BCUT2D eigenvalue weighted by molar-refractivity contribution is 4.93. The second kappa shape index (κ2) is 3.23. The Bertz CT molecular complexity index is 124. The van der Waals surface area contributed by atoms with E-state index in [1.807, 2.05) is 0 Å². The van der Waals surface area contributed by atoms with Gasteiger partial charge in [-0.2, -0.15) is 0 Å². The Balaban J connectivity index is 2.33. The number of allylic oxidation sites excluding steroid dienone is 1. The molecule has 0 amide bonds. The number of hydrogen-bond acceptors (Lipinski definition) is 0. The molecule has 0 radical (unpaired) electrons. The molecule has 1 aliphatic rings. The molecule has 2 atom stereocenters. The van der Waals surface area contributed by atoms with Gasteiger partial charge in [-0.3, -0.25) is 0 Å².